The van der Waals surface area contributed by atoms with Gasteiger partial charge in [-0.05, 0) is 37.4 Å². The van der Waals surface area contributed by atoms with Crippen molar-refractivity contribution in [1.29, 1.82) is 0 Å². The van der Waals surface area contributed by atoms with Crippen molar-refractivity contribution in [2.75, 3.05) is 13.1 Å². The van der Waals surface area contributed by atoms with Crippen LogP contribution in [0.5, 0.6) is 0 Å². The highest BCUT2D eigenvalue weighted by molar-refractivity contribution is 5.85. The van der Waals surface area contributed by atoms with Crippen molar-refractivity contribution in [3.05, 3.63) is 35.4 Å². The fraction of sp³-hybridized carbons (Fsp3) is 0.500. The average Bonchev–Trinajstić information content (AvgIpc) is 2.98. The van der Waals surface area contributed by atoms with E-state index in [4.69, 9.17) is 5.73 Å². The zero-order chi connectivity index (χ0) is 15.9. The Balaban J connectivity index is 0.00000264. The first-order valence-electron chi connectivity index (χ1n) is 7.68. The van der Waals surface area contributed by atoms with Crippen molar-refractivity contribution >= 4 is 24.3 Å². The zero-order valence-corrected chi connectivity index (χ0v) is 14.1. The quantitative estimate of drug-likeness (QED) is 0.630. The second-order valence-corrected chi connectivity index (χ2v) is 5.72. The molecule has 1 heterocycles. The summed E-state index contributed by atoms with van der Waals surface area (Å²) in [7, 11) is 0. The summed E-state index contributed by atoms with van der Waals surface area (Å²) in [6.07, 6.45) is 2.41. The Bertz CT molecular complexity index is 533. The third kappa shape index (κ3) is 6.08. The monoisotopic (exact) mass is 340 g/mol. The molecule has 0 aromatic heterocycles. The minimum atomic E-state index is -0.626. The normalized spacial score (nSPS) is 17.9. The maximum Gasteiger partial charge on any atom is 0.312 e. The van der Waals surface area contributed by atoms with E-state index in [9.17, 15) is 9.59 Å². The number of amides is 3. The Hall–Kier alpha value is -1.79. The van der Waals surface area contributed by atoms with Crippen LogP contribution in [0.4, 0.5) is 4.79 Å². The molecule has 3 amide bonds. The Labute approximate surface area is 143 Å². The number of hydrogen-bond acceptors (Lipinski definition) is 3. The smallest absolute Gasteiger partial charge is 0.312 e. The fourth-order valence-electron chi connectivity index (χ4n) is 2.81. The molecule has 0 bridgehead atoms. The standard InChI is InChI=1S/C16H24N4O2.ClH/c1-11-5-2-3-7-13(11)14(20-16(17)22)9-15(21)19-10-12-6-4-8-18-12;/h2-3,5,7,12,14,18H,4,6,8-10H2,1H3,(H,19,21)(H3,17,20,22);1H. The molecule has 2 unspecified atom stereocenters. The molecule has 1 aliphatic heterocycles. The highest BCUT2D eigenvalue weighted by Crippen LogP contribution is 2.20. The highest BCUT2D eigenvalue weighted by atomic mass is 35.5. The lowest BCUT2D eigenvalue weighted by atomic mass is 9.98. The van der Waals surface area contributed by atoms with Crippen LogP contribution in [0.15, 0.2) is 24.3 Å². The topological polar surface area (TPSA) is 96.2 Å². The van der Waals surface area contributed by atoms with Gasteiger partial charge in [-0.2, -0.15) is 0 Å². The van der Waals surface area contributed by atoms with Crippen LogP contribution in [0, 0.1) is 6.92 Å². The molecular formula is C16H25ClN4O2. The first kappa shape index (κ1) is 19.3. The summed E-state index contributed by atoms with van der Waals surface area (Å²) in [4.78, 5) is 23.4. The number of nitrogens with two attached hydrogens (primary N) is 1. The molecule has 2 atom stereocenters. The van der Waals surface area contributed by atoms with Crippen LogP contribution in [-0.4, -0.2) is 31.1 Å². The molecule has 1 aromatic rings. The Morgan fingerprint density at radius 2 is 2.13 bits per heavy atom. The molecule has 0 saturated carbocycles. The number of halogens is 1. The third-order valence-corrected chi connectivity index (χ3v) is 3.98. The molecule has 1 aromatic carbocycles. The summed E-state index contributed by atoms with van der Waals surface area (Å²) in [6.45, 7) is 3.58. The molecule has 0 radical (unpaired) electrons. The van der Waals surface area contributed by atoms with Crippen molar-refractivity contribution in [2.24, 2.45) is 5.73 Å². The van der Waals surface area contributed by atoms with Gasteiger partial charge in [0.1, 0.15) is 0 Å². The summed E-state index contributed by atoms with van der Waals surface area (Å²) in [5.41, 5.74) is 7.17. The minimum absolute atomic E-state index is 0. The Morgan fingerprint density at radius 3 is 2.74 bits per heavy atom. The summed E-state index contributed by atoms with van der Waals surface area (Å²) in [5, 5.41) is 8.92. The minimum Gasteiger partial charge on any atom is -0.354 e. The van der Waals surface area contributed by atoms with E-state index in [1.54, 1.807) is 0 Å². The van der Waals surface area contributed by atoms with E-state index < -0.39 is 12.1 Å². The van der Waals surface area contributed by atoms with Gasteiger partial charge in [0.2, 0.25) is 5.91 Å². The van der Waals surface area contributed by atoms with Crippen LogP contribution < -0.4 is 21.7 Å². The van der Waals surface area contributed by atoms with Gasteiger partial charge in [-0.1, -0.05) is 24.3 Å². The molecule has 23 heavy (non-hydrogen) atoms. The van der Waals surface area contributed by atoms with Crippen molar-refractivity contribution in [3.8, 4) is 0 Å². The van der Waals surface area contributed by atoms with Crippen LogP contribution in [-0.2, 0) is 4.79 Å². The molecule has 0 aliphatic carbocycles. The molecule has 1 saturated heterocycles. The fourth-order valence-corrected chi connectivity index (χ4v) is 2.81. The second-order valence-electron chi connectivity index (χ2n) is 5.72. The van der Waals surface area contributed by atoms with E-state index in [0.29, 0.717) is 12.6 Å². The number of primary amides is 1. The second kappa shape index (κ2) is 9.37. The van der Waals surface area contributed by atoms with E-state index in [1.165, 1.54) is 0 Å². The van der Waals surface area contributed by atoms with Crippen LogP contribution >= 0.6 is 12.4 Å². The van der Waals surface area contributed by atoms with Gasteiger partial charge in [-0.25, -0.2) is 4.79 Å². The van der Waals surface area contributed by atoms with Gasteiger partial charge in [0.15, 0.2) is 0 Å². The third-order valence-electron chi connectivity index (χ3n) is 3.98. The lowest BCUT2D eigenvalue weighted by Gasteiger charge is -2.20. The van der Waals surface area contributed by atoms with Crippen LogP contribution in [0.2, 0.25) is 0 Å². The summed E-state index contributed by atoms with van der Waals surface area (Å²) < 4.78 is 0. The van der Waals surface area contributed by atoms with Gasteiger partial charge in [0, 0.05) is 12.6 Å². The predicted molar refractivity (Wildman–Crippen MR) is 92.5 cm³/mol. The van der Waals surface area contributed by atoms with Gasteiger partial charge in [-0.15, -0.1) is 12.4 Å². The number of benzene rings is 1. The van der Waals surface area contributed by atoms with Crippen molar-refractivity contribution in [1.82, 2.24) is 16.0 Å². The molecular weight excluding hydrogens is 316 g/mol. The first-order valence-corrected chi connectivity index (χ1v) is 7.68. The first-order chi connectivity index (χ1) is 10.6. The van der Waals surface area contributed by atoms with Crippen molar-refractivity contribution in [2.45, 2.75) is 38.3 Å². The van der Waals surface area contributed by atoms with Gasteiger partial charge >= 0.3 is 6.03 Å². The molecule has 1 fully saturated rings. The van der Waals surface area contributed by atoms with Gasteiger partial charge in [0.25, 0.3) is 0 Å². The number of urea groups is 1. The van der Waals surface area contributed by atoms with Gasteiger partial charge in [-0.3, -0.25) is 4.79 Å². The van der Waals surface area contributed by atoms with E-state index in [-0.39, 0.29) is 24.7 Å². The van der Waals surface area contributed by atoms with Crippen LogP contribution in [0.3, 0.4) is 0 Å². The molecule has 7 heteroatoms. The lowest BCUT2D eigenvalue weighted by molar-refractivity contribution is -0.121. The predicted octanol–water partition coefficient (Wildman–Crippen LogP) is 1.38. The summed E-state index contributed by atoms with van der Waals surface area (Å²) in [5.74, 6) is -0.0873. The number of hydrogen-bond donors (Lipinski definition) is 4. The SMILES string of the molecule is Cc1ccccc1C(CC(=O)NCC1CCCN1)NC(N)=O.Cl. The van der Waals surface area contributed by atoms with Crippen LogP contribution in [0.25, 0.3) is 0 Å². The van der Waals surface area contributed by atoms with Crippen molar-refractivity contribution in [3.63, 3.8) is 0 Å². The molecule has 0 spiro atoms. The maximum absolute atomic E-state index is 12.1. The Kier molecular flexibility index (Phi) is 7.85. The summed E-state index contributed by atoms with van der Waals surface area (Å²) in [6, 6.07) is 6.98. The Morgan fingerprint density at radius 1 is 1.39 bits per heavy atom. The lowest BCUT2D eigenvalue weighted by Crippen LogP contribution is -2.40. The number of aryl methyl sites for hydroxylation is 1. The number of rotatable bonds is 6. The highest BCUT2D eigenvalue weighted by Gasteiger charge is 2.20. The number of carbonyl (C=O) groups excluding carboxylic acids is 2. The molecule has 6 nitrogen and oxygen atoms in total. The average molecular weight is 341 g/mol. The molecule has 128 valence electrons. The van der Waals surface area contributed by atoms with Gasteiger partial charge in [0.05, 0.1) is 12.5 Å². The largest absolute Gasteiger partial charge is 0.354 e. The van der Waals surface area contributed by atoms with Crippen LogP contribution in [0.1, 0.15) is 36.4 Å². The zero-order valence-electron chi connectivity index (χ0n) is 13.3. The number of nitrogens with one attached hydrogen (secondary N) is 3. The van der Waals surface area contributed by atoms with E-state index in [2.05, 4.69) is 16.0 Å². The molecule has 2 rings (SSSR count). The maximum atomic E-state index is 12.1. The van der Waals surface area contributed by atoms with E-state index in [0.717, 1.165) is 30.5 Å². The number of carbonyl (C=O) groups is 2. The van der Waals surface area contributed by atoms with Gasteiger partial charge < -0.3 is 21.7 Å². The van der Waals surface area contributed by atoms with Crippen molar-refractivity contribution < 1.29 is 9.59 Å². The molecule has 5 N–H and O–H groups in total. The van der Waals surface area contributed by atoms with E-state index in [1.807, 2.05) is 31.2 Å². The molecule has 1 aliphatic rings. The summed E-state index contributed by atoms with van der Waals surface area (Å²) >= 11 is 0. The van der Waals surface area contributed by atoms with E-state index >= 15 is 0 Å².